The third kappa shape index (κ3) is 3.68. The second-order valence-electron chi connectivity index (χ2n) is 3.72. The van der Waals surface area contributed by atoms with Crippen LogP contribution in [-0.2, 0) is 20.7 Å². The van der Waals surface area contributed by atoms with Crippen LogP contribution in [0.3, 0.4) is 0 Å². The van der Waals surface area contributed by atoms with Gasteiger partial charge in [0.25, 0.3) is 0 Å². The molecule has 0 aromatic heterocycles. The number of ether oxygens (including phenoxy) is 2. The maximum absolute atomic E-state index is 11.8. The molecule has 0 saturated carbocycles. The van der Waals surface area contributed by atoms with Gasteiger partial charge in [-0.15, -0.1) is 0 Å². The van der Waals surface area contributed by atoms with E-state index in [2.05, 4.69) is 11.3 Å². The van der Waals surface area contributed by atoms with Crippen molar-refractivity contribution in [1.82, 2.24) is 0 Å². The topological polar surface area (TPSA) is 89.9 Å². The number of benzene rings is 1. The summed E-state index contributed by atoms with van der Waals surface area (Å²) >= 11 is 0. The molecule has 0 amide bonds. The Bertz CT molecular complexity index is 547. The van der Waals surface area contributed by atoms with Crippen molar-refractivity contribution in [1.29, 1.82) is 0 Å². The van der Waals surface area contributed by atoms with E-state index in [-0.39, 0.29) is 11.1 Å². The Balaban J connectivity index is 2.90. The average Bonchev–Trinajstić information content (AvgIpc) is 2.45. The van der Waals surface area contributed by atoms with Gasteiger partial charge in [0.1, 0.15) is 0 Å². The molecule has 6 nitrogen and oxygen atoms in total. The summed E-state index contributed by atoms with van der Waals surface area (Å²) < 4.78 is 9.19. The molecule has 0 radical (unpaired) electrons. The molecule has 0 heterocycles. The van der Waals surface area contributed by atoms with Crippen LogP contribution < -0.4 is 0 Å². The highest BCUT2D eigenvalue weighted by Crippen LogP contribution is 2.17. The van der Waals surface area contributed by atoms with E-state index in [1.165, 1.54) is 6.07 Å². The van der Waals surface area contributed by atoms with Crippen LogP contribution >= 0.6 is 0 Å². The fourth-order valence-corrected chi connectivity index (χ4v) is 1.60. The lowest BCUT2D eigenvalue weighted by molar-refractivity contribution is -0.146. The molecule has 0 aliphatic carbocycles. The fraction of sp³-hybridized carbons (Fsp3) is 0.214. The molecule has 1 rings (SSSR count). The third-order valence-electron chi connectivity index (χ3n) is 2.52. The van der Waals surface area contributed by atoms with Gasteiger partial charge in [0.05, 0.1) is 11.1 Å². The first-order valence-electron chi connectivity index (χ1n) is 5.82. The highest BCUT2D eigenvalue weighted by atomic mass is 16.7. The molecule has 0 unspecified atom stereocenters. The molecule has 1 N–H and O–H groups in total. The van der Waals surface area contributed by atoms with Crippen LogP contribution in [0.25, 0.3) is 0 Å². The van der Waals surface area contributed by atoms with E-state index in [4.69, 9.17) is 4.74 Å². The molecule has 20 heavy (non-hydrogen) atoms. The maximum atomic E-state index is 11.8. The number of aromatic carboxylic acids is 1. The first-order valence-corrected chi connectivity index (χ1v) is 5.82. The third-order valence-corrected chi connectivity index (χ3v) is 2.52. The molecule has 0 aliphatic heterocycles. The Labute approximate surface area is 115 Å². The predicted molar refractivity (Wildman–Crippen MR) is 69.4 cm³/mol. The standard InChI is InChI=1S/C14H14O6/c1-3-9-6-5-7-10(12(9)13(16)17)14(18)20-8-19-11(15)4-2/h4-7H,2-3,8H2,1H3,(H,16,17). The van der Waals surface area contributed by atoms with Gasteiger partial charge < -0.3 is 14.6 Å². The van der Waals surface area contributed by atoms with Crippen LogP contribution in [0.15, 0.2) is 30.9 Å². The summed E-state index contributed by atoms with van der Waals surface area (Å²) in [5.41, 5.74) is 0.344. The summed E-state index contributed by atoms with van der Waals surface area (Å²) in [5.74, 6) is -2.81. The van der Waals surface area contributed by atoms with Crippen LogP contribution in [0.2, 0.25) is 0 Å². The molecule has 106 valence electrons. The molecule has 1 aromatic rings. The summed E-state index contributed by atoms with van der Waals surface area (Å²) in [4.78, 5) is 33.8. The number of carboxylic acids is 1. The van der Waals surface area contributed by atoms with Crippen molar-refractivity contribution in [3.05, 3.63) is 47.5 Å². The number of carbonyl (C=O) groups excluding carboxylic acids is 2. The Kier molecular flexibility index (Phi) is 5.46. The van der Waals surface area contributed by atoms with Crippen molar-refractivity contribution in [2.24, 2.45) is 0 Å². The second kappa shape index (κ2) is 7.08. The molecule has 6 heteroatoms. The lowest BCUT2D eigenvalue weighted by Gasteiger charge is -2.10. The quantitative estimate of drug-likeness (QED) is 0.484. The zero-order valence-electron chi connectivity index (χ0n) is 10.9. The van der Waals surface area contributed by atoms with E-state index in [1.807, 2.05) is 0 Å². The summed E-state index contributed by atoms with van der Waals surface area (Å²) in [6.07, 6.45) is 1.39. The van der Waals surface area contributed by atoms with Gasteiger partial charge in [-0.1, -0.05) is 25.6 Å². The van der Waals surface area contributed by atoms with E-state index < -0.39 is 24.7 Å². The van der Waals surface area contributed by atoms with Crippen molar-refractivity contribution < 1.29 is 29.0 Å². The fourth-order valence-electron chi connectivity index (χ4n) is 1.60. The van der Waals surface area contributed by atoms with Gasteiger partial charge in [0.15, 0.2) is 0 Å². The van der Waals surface area contributed by atoms with E-state index in [1.54, 1.807) is 19.1 Å². The predicted octanol–water partition coefficient (Wildman–Crippen LogP) is 1.79. The van der Waals surface area contributed by atoms with Crippen LogP contribution in [0.1, 0.15) is 33.2 Å². The zero-order valence-corrected chi connectivity index (χ0v) is 10.9. The van der Waals surface area contributed by atoms with Crippen molar-refractivity contribution in [2.45, 2.75) is 13.3 Å². The number of hydrogen-bond acceptors (Lipinski definition) is 5. The van der Waals surface area contributed by atoms with Crippen molar-refractivity contribution in [3.63, 3.8) is 0 Å². The Morgan fingerprint density at radius 3 is 2.55 bits per heavy atom. The number of rotatable bonds is 6. The van der Waals surface area contributed by atoms with Crippen molar-refractivity contribution in [2.75, 3.05) is 6.79 Å². The van der Waals surface area contributed by atoms with Gasteiger partial charge in [-0.25, -0.2) is 14.4 Å². The Morgan fingerprint density at radius 2 is 2.00 bits per heavy atom. The molecule has 0 fully saturated rings. The second-order valence-corrected chi connectivity index (χ2v) is 3.72. The van der Waals surface area contributed by atoms with Gasteiger partial charge in [0.2, 0.25) is 6.79 Å². The van der Waals surface area contributed by atoms with E-state index in [0.717, 1.165) is 6.08 Å². The smallest absolute Gasteiger partial charge is 0.341 e. The molecular formula is C14H14O6. The number of carboxylic acid groups (broad SMARTS) is 1. The first-order chi connectivity index (χ1) is 9.51. The van der Waals surface area contributed by atoms with Gasteiger partial charge >= 0.3 is 17.9 Å². The normalized spacial score (nSPS) is 9.65. The van der Waals surface area contributed by atoms with E-state index >= 15 is 0 Å². The summed E-state index contributed by atoms with van der Waals surface area (Å²) in [5, 5.41) is 9.17. The lowest BCUT2D eigenvalue weighted by atomic mass is 9.99. The Hall–Kier alpha value is -2.63. The monoisotopic (exact) mass is 278 g/mol. The highest BCUT2D eigenvalue weighted by Gasteiger charge is 2.20. The largest absolute Gasteiger partial charge is 0.478 e. The minimum Gasteiger partial charge on any atom is -0.478 e. The molecule has 1 aromatic carbocycles. The summed E-state index contributed by atoms with van der Waals surface area (Å²) in [6, 6.07) is 4.54. The number of esters is 2. The Morgan fingerprint density at radius 1 is 1.30 bits per heavy atom. The van der Waals surface area contributed by atoms with Crippen molar-refractivity contribution >= 4 is 17.9 Å². The summed E-state index contributed by atoms with van der Waals surface area (Å²) in [7, 11) is 0. The van der Waals surface area contributed by atoms with Gasteiger partial charge in [-0.2, -0.15) is 0 Å². The highest BCUT2D eigenvalue weighted by molar-refractivity contribution is 6.03. The van der Waals surface area contributed by atoms with E-state index in [9.17, 15) is 19.5 Å². The minimum atomic E-state index is -1.21. The maximum Gasteiger partial charge on any atom is 0.341 e. The molecule has 0 atom stereocenters. The first kappa shape index (κ1) is 15.4. The molecule has 0 spiro atoms. The van der Waals surface area contributed by atoms with E-state index in [0.29, 0.717) is 12.0 Å². The number of carbonyl (C=O) groups is 3. The van der Waals surface area contributed by atoms with Crippen LogP contribution in [0.5, 0.6) is 0 Å². The minimum absolute atomic E-state index is 0.0773. The van der Waals surface area contributed by atoms with Gasteiger partial charge in [0, 0.05) is 6.08 Å². The summed E-state index contributed by atoms with van der Waals surface area (Å²) in [6.45, 7) is 4.37. The molecule has 0 saturated heterocycles. The SMILES string of the molecule is C=CC(=O)OCOC(=O)c1cccc(CC)c1C(=O)O. The van der Waals surface area contributed by atoms with Crippen LogP contribution in [0.4, 0.5) is 0 Å². The molecular weight excluding hydrogens is 264 g/mol. The van der Waals surface area contributed by atoms with Crippen molar-refractivity contribution in [3.8, 4) is 0 Å². The van der Waals surface area contributed by atoms with Gasteiger partial charge in [-0.05, 0) is 18.1 Å². The number of hydrogen-bond donors (Lipinski definition) is 1. The van der Waals surface area contributed by atoms with Crippen LogP contribution in [-0.4, -0.2) is 29.8 Å². The lowest BCUT2D eigenvalue weighted by Crippen LogP contribution is -2.16. The number of aryl methyl sites for hydroxylation is 1. The van der Waals surface area contributed by atoms with Crippen LogP contribution in [0, 0.1) is 0 Å². The molecule has 0 bridgehead atoms. The zero-order chi connectivity index (χ0) is 15.1. The van der Waals surface area contributed by atoms with Gasteiger partial charge in [-0.3, -0.25) is 0 Å². The average molecular weight is 278 g/mol. The molecule has 0 aliphatic rings.